The summed E-state index contributed by atoms with van der Waals surface area (Å²) in [6.07, 6.45) is 7.72. The van der Waals surface area contributed by atoms with Crippen LogP contribution in [0.5, 0.6) is 0 Å². The van der Waals surface area contributed by atoms with Crippen LogP contribution in [-0.2, 0) is 6.42 Å². The topological polar surface area (TPSA) is 29.9 Å². The number of allylic oxidation sites excluding steroid dienone is 3. The Morgan fingerprint density at radius 2 is 1.88 bits per heavy atom. The summed E-state index contributed by atoms with van der Waals surface area (Å²) in [5.74, 6) is -0.0695. The molecule has 0 saturated carbocycles. The highest BCUT2D eigenvalue weighted by atomic mass is 19.1. The van der Waals surface area contributed by atoms with E-state index in [1.54, 1.807) is 6.20 Å². The number of nitrogens with zero attached hydrogens (tertiary/aromatic N) is 2. The molecule has 1 N–H and O–H groups in total. The van der Waals surface area contributed by atoms with Gasteiger partial charge in [0.1, 0.15) is 5.83 Å². The molecule has 4 rings (SSSR count). The zero-order valence-corrected chi connectivity index (χ0v) is 18.4. The van der Waals surface area contributed by atoms with Crippen LogP contribution >= 0.6 is 0 Å². The first-order valence-corrected chi connectivity index (χ1v) is 10.9. The van der Waals surface area contributed by atoms with Crippen molar-refractivity contribution in [2.75, 3.05) is 6.54 Å². The van der Waals surface area contributed by atoms with Crippen LogP contribution in [0.3, 0.4) is 0 Å². The van der Waals surface area contributed by atoms with Crippen LogP contribution in [0.25, 0.3) is 28.6 Å². The number of hydrogen-bond acceptors (Lipinski definition) is 2. The van der Waals surface area contributed by atoms with Crippen molar-refractivity contribution >= 4 is 6.20 Å². The third kappa shape index (κ3) is 4.50. The molecular formula is C28H28FN3. The monoisotopic (exact) mass is 425 g/mol. The van der Waals surface area contributed by atoms with Gasteiger partial charge in [0.15, 0.2) is 0 Å². The number of halogens is 1. The van der Waals surface area contributed by atoms with Gasteiger partial charge in [-0.25, -0.2) is 9.07 Å². The minimum atomic E-state index is -0.0695. The maximum Gasteiger partial charge on any atom is 0.110 e. The average molecular weight is 426 g/mol. The van der Waals surface area contributed by atoms with Gasteiger partial charge in [-0.3, -0.25) is 0 Å². The summed E-state index contributed by atoms with van der Waals surface area (Å²) >= 11 is 0. The average Bonchev–Trinajstić information content (AvgIpc) is 3.24. The van der Waals surface area contributed by atoms with Crippen molar-refractivity contribution in [1.82, 2.24) is 15.1 Å². The largest absolute Gasteiger partial charge is 0.385 e. The van der Waals surface area contributed by atoms with Crippen molar-refractivity contribution < 1.29 is 4.39 Å². The maximum absolute atomic E-state index is 14.2. The number of hydrogen-bond donors (Lipinski definition) is 1. The van der Waals surface area contributed by atoms with E-state index in [4.69, 9.17) is 0 Å². The third-order valence-electron chi connectivity index (χ3n) is 5.81. The molecule has 1 aliphatic carbocycles. The van der Waals surface area contributed by atoms with Crippen LogP contribution in [0.2, 0.25) is 0 Å². The molecule has 2 aromatic carbocycles. The molecule has 1 aliphatic rings. The first-order valence-electron chi connectivity index (χ1n) is 10.9. The molecule has 162 valence electrons. The van der Waals surface area contributed by atoms with Gasteiger partial charge in [0.05, 0.1) is 11.9 Å². The molecule has 0 unspecified atom stereocenters. The van der Waals surface area contributed by atoms with Gasteiger partial charge >= 0.3 is 0 Å². The SMILES string of the molecule is C=Cn1ncc(-c2ccccc2)c1-c1ccc(CCNC(=C)C2=C(F)CCC=C2C)cc1. The number of aromatic nitrogens is 2. The van der Waals surface area contributed by atoms with Crippen molar-refractivity contribution in [3.63, 3.8) is 0 Å². The van der Waals surface area contributed by atoms with E-state index in [1.165, 1.54) is 5.56 Å². The van der Waals surface area contributed by atoms with Gasteiger partial charge in [0.2, 0.25) is 0 Å². The quantitative estimate of drug-likeness (QED) is 0.424. The molecule has 0 aliphatic heterocycles. The van der Waals surface area contributed by atoms with Crippen LogP contribution in [-0.4, -0.2) is 16.3 Å². The fourth-order valence-electron chi connectivity index (χ4n) is 4.15. The van der Waals surface area contributed by atoms with Gasteiger partial charge in [-0.05, 0) is 36.5 Å². The fourth-order valence-corrected chi connectivity index (χ4v) is 4.15. The van der Waals surface area contributed by atoms with E-state index < -0.39 is 0 Å². The first kappa shape index (κ1) is 21.6. The van der Waals surface area contributed by atoms with Crippen molar-refractivity contribution in [3.05, 3.63) is 108 Å². The first-order chi connectivity index (χ1) is 15.6. The second kappa shape index (κ2) is 9.65. The highest BCUT2D eigenvalue weighted by Crippen LogP contribution is 2.32. The second-order valence-electron chi connectivity index (χ2n) is 7.96. The van der Waals surface area contributed by atoms with Crippen LogP contribution < -0.4 is 5.32 Å². The van der Waals surface area contributed by atoms with E-state index >= 15 is 0 Å². The van der Waals surface area contributed by atoms with E-state index in [1.807, 2.05) is 36.0 Å². The maximum atomic E-state index is 14.2. The summed E-state index contributed by atoms with van der Waals surface area (Å²) in [6, 6.07) is 18.7. The second-order valence-corrected chi connectivity index (χ2v) is 7.96. The lowest BCUT2D eigenvalue weighted by molar-refractivity contribution is 0.572. The molecule has 0 saturated heterocycles. The van der Waals surface area contributed by atoms with Crippen LogP contribution in [0, 0.1) is 0 Å². The van der Waals surface area contributed by atoms with Gasteiger partial charge < -0.3 is 5.32 Å². The van der Waals surface area contributed by atoms with E-state index in [0.29, 0.717) is 24.2 Å². The number of nitrogens with one attached hydrogen (secondary N) is 1. The van der Waals surface area contributed by atoms with E-state index in [-0.39, 0.29) is 5.83 Å². The summed E-state index contributed by atoms with van der Waals surface area (Å²) in [4.78, 5) is 0. The Labute approximate surface area is 189 Å². The number of benzene rings is 2. The van der Waals surface area contributed by atoms with E-state index in [0.717, 1.165) is 40.8 Å². The normalized spacial score (nSPS) is 13.6. The Balaban J connectivity index is 1.46. The molecule has 4 heteroatoms. The molecule has 3 nitrogen and oxygen atoms in total. The Hall–Kier alpha value is -3.66. The van der Waals surface area contributed by atoms with Gasteiger partial charge in [-0.15, -0.1) is 0 Å². The lowest BCUT2D eigenvalue weighted by Gasteiger charge is -2.18. The van der Waals surface area contributed by atoms with Gasteiger partial charge in [-0.1, -0.05) is 73.8 Å². The van der Waals surface area contributed by atoms with Crippen LogP contribution in [0.15, 0.2) is 103 Å². The molecule has 32 heavy (non-hydrogen) atoms. The van der Waals surface area contributed by atoms with Crippen molar-refractivity contribution in [3.8, 4) is 22.4 Å². The fraction of sp³-hybridized carbons (Fsp3) is 0.179. The number of rotatable bonds is 8. The third-order valence-corrected chi connectivity index (χ3v) is 5.81. The van der Waals surface area contributed by atoms with Gasteiger partial charge in [-0.2, -0.15) is 5.10 Å². The highest BCUT2D eigenvalue weighted by molar-refractivity contribution is 5.81. The molecule has 0 amide bonds. The summed E-state index contributed by atoms with van der Waals surface area (Å²) in [5.41, 5.74) is 7.75. The minimum absolute atomic E-state index is 0.0695. The summed E-state index contributed by atoms with van der Waals surface area (Å²) in [6.45, 7) is 10.6. The zero-order chi connectivity index (χ0) is 22.5. The predicted octanol–water partition coefficient (Wildman–Crippen LogP) is 6.93. The molecule has 3 aromatic rings. The van der Waals surface area contributed by atoms with Crippen molar-refractivity contribution in [2.45, 2.75) is 26.2 Å². The molecule has 0 bridgehead atoms. The van der Waals surface area contributed by atoms with Crippen LogP contribution in [0.1, 0.15) is 25.3 Å². The molecule has 0 radical (unpaired) electrons. The summed E-state index contributed by atoms with van der Waals surface area (Å²) < 4.78 is 16.0. The molecule has 1 heterocycles. The van der Waals surface area contributed by atoms with Crippen molar-refractivity contribution in [2.24, 2.45) is 0 Å². The van der Waals surface area contributed by atoms with E-state index in [2.05, 4.69) is 66.0 Å². The minimum Gasteiger partial charge on any atom is -0.385 e. The lowest BCUT2D eigenvalue weighted by Crippen LogP contribution is -2.19. The predicted molar refractivity (Wildman–Crippen MR) is 131 cm³/mol. The van der Waals surface area contributed by atoms with Gasteiger partial charge in [0, 0.05) is 41.6 Å². The smallest absolute Gasteiger partial charge is 0.110 e. The molecule has 0 spiro atoms. The molecule has 1 aromatic heterocycles. The zero-order valence-electron chi connectivity index (χ0n) is 18.4. The van der Waals surface area contributed by atoms with Crippen LogP contribution in [0.4, 0.5) is 4.39 Å². The Bertz CT molecular complexity index is 1180. The molecule has 0 atom stereocenters. The molecule has 0 fully saturated rings. The standard InChI is InChI=1S/C28H28FN3/c1-4-32-28(25(19-31-32)23-10-6-5-7-11-23)24-15-13-22(14-16-24)17-18-30-21(3)27-20(2)9-8-12-26(27)29/h4-7,9-11,13-16,19,30H,1,3,8,12,17-18H2,2H3. The van der Waals surface area contributed by atoms with E-state index in [9.17, 15) is 4.39 Å². The van der Waals surface area contributed by atoms with Gasteiger partial charge in [0.25, 0.3) is 0 Å². The summed E-state index contributed by atoms with van der Waals surface area (Å²) in [7, 11) is 0. The summed E-state index contributed by atoms with van der Waals surface area (Å²) in [5, 5.41) is 7.77. The Morgan fingerprint density at radius 3 is 2.56 bits per heavy atom. The highest BCUT2D eigenvalue weighted by Gasteiger charge is 2.16. The Morgan fingerprint density at radius 1 is 1.12 bits per heavy atom. The lowest BCUT2D eigenvalue weighted by atomic mass is 9.96. The molecular weight excluding hydrogens is 397 g/mol. The van der Waals surface area contributed by atoms with Crippen molar-refractivity contribution in [1.29, 1.82) is 0 Å². The Kier molecular flexibility index (Phi) is 6.50.